The van der Waals surface area contributed by atoms with Gasteiger partial charge in [0.2, 0.25) is 12.4 Å². The van der Waals surface area contributed by atoms with Crippen LogP contribution in [0.1, 0.15) is 63.8 Å². The predicted octanol–water partition coefficient (Wildman–Crippen LogP) is 6.34. The van der Waals surface area contributed by atoms with E-state index in [0.717, 1.165) is 37.3 Å². The molecule has 2 bridgehead atoms. The summed E-state index contributed by atoms with van der Waals surface area (Å²) in [5, 5.41) is 23.0. The lowest BCUT2D eigenvalue weighted by molar-refractivity contribution is -0.904. The topological polar surface area (TPSA) is 128 Å². The number of carbonyl (C=O) groups is 2. The summed E-state index contributed by atoms with van der Waals surface area (Å²) in [7, 11) is 0. The summed E-state index contributed by atoms with van der Waals surface area (Å²) in [4.78, 5) is 35.0. The summed E-state index contributed by atoms with van der Waals surface area (Å²) in [6, 6.07) is 11.1. The minimum atomic E-state index is -3.12. The molecule has 3 fully saturated rings. The molecule has 1 N–H and O–H groups in total. The molecule has 7 rings (SSSR count). The molecule has 1 aromatic carbocycles. The molecular formula is C36H36Cl2F2N4O7S. The van der Waals surface area contributed by atoms with E-state index in [1.807, 2.05) is 0 Å². The number of thiophene rings is 1. The predicted molar refractivity (Wildman–Crippen MR) is 187 cm³/mol. The third-order valence-electron chi connectivity index (χ3n) is 9.11. The van der Waals surface area contributed by atoms with Crippen LogP contribution >= 0.6 is 34.5 Å². The summed E-state index contributed by atoms with van der Waals surface area (Å²) in [6.45, 7) is 2.84. The van der Waals surface area contributed by atoms with E-state index < -0.39 is 30.7 Å². The van der Waals surface area contributed by atoms with E-state index in [-0.39, 0.29) is 57.0 Å². The Morgan fingerprint density at radius 2 is 1.83 bits per heavy atom. The number of ether oxygens (including phenoxy) is 3. The molecule has 16 heteroatoms. The first-order valence-electron chi connectivity index (χ1n) is 16.7. The van der Waals surface area contributed by atoms with Gasteiger partial charge in [-0.05, 0) is 93.6 Å². The molecule has 0 aliphatic carbocycles. The first-order valence-corrected chi connectivity index (χ1v) is 18.2. The number of carboxylic acid groups (broad SMARTS) is 1. The van der Waals surface area contributed by atoms with Crippen LogP contribution in [-0.4, -0.2) is 65.6 Å². The van der Waals surface area contributed by atoms with Crippen molar-refractivity contribution in [1.82, 2.24) is 9.88 Å². The quantitative estimate of drug-likeness (QED) is 0.122. The van der Waals surface area contributed by atoms with Gasteiger partial charge in [-0.2, -0.15) is 8.78 Å². The lowest BCUT2D eigenvalue weighted by Crippen LogP contribution is -2.53. The number of hydrogen-bond acceptors (Lipinski definition) is 10. The molecule has 6 heterocycles. The fourth-order valence-electron chi connectivity index (χ4n) is 6.73. The Balaban J connectivity index is 1.41. The van der Waals surface area contributed by atoms with E-state index in [0.29, 0.717) is 33.1 Å². The average Bonchev–Trinajstić information content (AvgIpc) is 3.52. The number of benzene rings is 1. The summed E-state index contributed by atoms with van der Waals surface area (Å²) in [5.74, 6) is -1.90. The summed E-state index contributed by atoms with van der Waals surface area (Å²) in [5.41, 5.74) is 1.13. The van der Waals surface area contributed by atoms with Gasteiger partial charge in [-0.15, -0.1) is 11.3 Å². The van der Waals surface area contributed by atoms with Crippen molar-refractivity contribution in [2.45, 2.75) is 64.4 Å². The summed E-state index contributed by atoms with van der Waals surface area (Å²) in [6.07, 6.45) is 4.61. The van der Waals surface area contributed by atoms with Gasteiger partial charge in [0.25, 0.3) is 0 Å². The van der Waals surface area contributed by atoms with Crippen LogP contribution in [0.15, 0.2) is 61.1 Å². The van der Waals surface area contributed by atoms with Crippen molar-refractivity contribution >= 4 is 52.4 Å². The lowest BCUT2D eigenvalue weighted by Gasteiger charge is -2.44. The van der Waals surface area contributed by atoms with Crippen molar-refractivity contribution in [2.75, 3.05) is 24.5 Å². The van der Waals surface area contributed by atoms with Crippen LogP contribution in [0.25, 0.3) is 0 Å². The first-order chi connectivity index (χ1) is 24.9. The molecule has 1 amide bonds. The molecule has 3 aromatic heterocycles. The second-order valence-corrected chi connectivity index (χ2v) is 14.9. The first kappa shape index (κ1) is 37.5. The van der Waals surface area contributed by atoms with Crippen LogP contribution in [0.2, 0.25) is 10.0 Å². The van der Waals surface area contributed by atoms with Gasteiger partial charge in [0, 0.05) is 33.8 Å². The standard InChI is InChI=1S/C36H36Cl2F2N4O7S/c1-20(2)49-30-13-22(6-7-29(30)50-35(39)40)24(15-26-27(37)17-43(48)18-28(26)38)25-14-23(52-33(25)34(45)46)16-44(32-5-3-4-10-41-32)36(47)51-31-19-42-11-8-21(31)9-12-42/h3-7,10,13-14,17-18,20-21,24,31,35H,8-9,11-12,15-16,19H2,1-2H3,(H-,45,46,48)/t24-,31-/m0/s1. The molecule has 0 saturated carbocycles. The second kappa shape index (κ2) is 16.2. The van der Waals surface area contributed by atoms with E-state index in [1.54, 1.807) is 44.3 Å². The van der Waals surface area contributed by atoms with Crippen LogP contribution in [0.3, 0.4) is 0 Å². The Kier molecular flexibility index (Phi) is 11.7. The van der Waals surface area contributed by atoms with Crippen LogP contribution in [0.4, 0.5) is 19.4 Å². The maximum Gasteiger partial charge on any atom is 0.416 e. The average molecular weight is 778 g/mol. The summed E-state index contributed by atoms with van der Waals surface area (Å²) >= 11 is 14.0. The highest BCUT2D eigenvalue weighted by molar-refractivity contribution is 7.14. The molecule has 52 heavy (non-hydrogen) atoms. The Morgan fingerprint density at radius 3 is 2.42 bits per heavy atom. The number of rotatable bonds is 13. The van der Waals surface area contributed by atoms with Gasteiger partial charge < -0.3 is 24.1 Å². The fourth-order valence-corrected chi connectivity index (χ4v) is 8.38. The number of fused-ring (bicyclic) bond motifs is 3. The number of anilines is 1. The molecule has 3 aliphatic rings. The van der Waals surface area contributed by atoms with Crippen LogP contribution < -0.4 is 24.2 Å². The number of pyridine rings is 2. The van der Waals surface area contributed by atoms with Crippen molar-refractivity contribution < 1.29 is 47.6 Å². The molecule has 4 aromatic rings. The zero-order valence-electron chi connectivity index (χ0n) is 28.2. The van der Waals surface area contributed by atoms with Gasteiger partial charge in [-0.1, -0.05) is 35.3 Å². The Hall–Kier alpha value is -4.24. The number of carboxylic acids is 1. The highest BCUT2D eigenvalue weighted by Gasteiger charge is 2.38. The van der Waals surface area contributed by atoms with Gasteiger partial charge in [0.1, 0.15) is 22.0 Å². The molecule has 3 saturated heterocycles. The number of amides is 1. The number of alkyl halides is 2. The van der Waals surface area contributed by atoms with Crippen molar-refractivity contribution in [3.63, 3.8) is 0 Å². The maximum absolute atomic E-state index is 13.8. The maximum atomic E-state index is 13.8. The van der Waals surface area contributed by atoms with Gasteiger partial charge >= 0.3 is 12.7 Å². The molecule has 0 radical (unpaired) electrons. The third-order valence-corrected chi connectivity index (χ3v) is 10.9. The van der Waals surface area contributed by atoms with E-state index in [9.17, 15) is 28.7 Å². The van der Waals surface area contributed by atoms with Crippen LogP contribution in [0.5, 0.6) is 11.5 Å². The smallest absolute Gasteiger partial charge is 0.416 e. The number of aromatic carboxylic acids is 1. The van der Waals surface area contributed by atoms with E-state index in [2.05, 4.69) is 9.88 Å². The molecular weight excluding hydrogens is 741 g/mol. The third kappa shape index (κ3) is 8.68. The molecule has 0 unspecified atom stereocenters. The van der Waals surface area contributed by atoms with Crippen LogP contribution in [-0.2, 0) is 17.7 Å². The Bertz CT molecular complexity index is 1890. The van der Waals surface area contributed by atoms with Crippen molar-refractivity contribution in [2.24, 2.45) is 5.92 Å². The van der Waals surface area contributed by atoms with Gasteiger partial charge in [0.15, 0.2) is 11.5 Å². The molecule has 2 atom stereocenters. The highest BCUT2D eigenvalue weighted by Crippen LogP contribution is 2.42. The van der Waals surface area contributed by atoms with Crippen LogP contribution in [0, 0.1) is 5.92 Å². The van der Waals surface area contributed by atoms with E-state index in [1.165, 1.54) is 35.5 Å². The zero-order valence-corrected chi connectivity index (χ0v) is 30.5. The Labute approximate surface area is 312 Å². The minimum absolute atomic E-state index is 0.0106. The van der Waals surface area contributed by atoms with E-state index in [4.69, 9.17) is 37.4 Å². The van der Waals surface area contributed by atoms with Crippen molar-refractivity contribution in [3.8, 4) is 11.5 Å². The number of nitrogens with zero attached hydrogens (tertiary/aromatic N) is 4. The second-order valence-electron chi connectivity index (χ2n) is 12.9. The fraction of sp³-hybridized carbons (Fsp3) is 0.389. The molecule has 11 nitrogen and oxygen atoms in total. The van der Waals surface area contributed by atoms with Gasteiger partial charge in [-0.3, -0.25) is 15.0 Å². The van der Waals surface area contributed by atoms with Gasteiger partial charge in [0.05, 0.1) is 23.5 Å². The van der Waals surface area contributed by atoms with Crippen molar-refractivity contribution in [3.05, 3.63) is 97.5 Å². The number of halogens is 4. The highest BCUT2D eigenvalue weighted by atomic mass is 35.5. The zero-order chi connectivity index (χ0) is 37.1. The monoisotopic (exact) mass is 776 g/mol. The normalized spacial score (nSPS) is 18.7. The lowest BCUT2D eigenvalue weighted by atomic mass is 9.85. The largest absolute Gasteiger partial charge is 0.544 e. The number of carbonyl (C=O) groups excluding carboxylic acids is 2. The van der Waals surface area contributed by atoms with E-state index >= 15 is 0 Å². The molecule has 3 aliphatic heterocycles. The minimum Gasteiger partial charge on any atom is -0.544 e. The summed E-state index contributed by atoms with van der Waals surface area (Å²) < 4.78 is 44.0. The van der Waals surface area contributed by atoms with Gasteiger partial charge in [-0.25, -0.2) is 9.78 Å². The number of hydrogen-bond donors (Lipinski definition) is 1. The molecule has 0 spiro atoms. The Morgan fingerprint density at radius 1 is 1.10 bits per heavy atom. The van der Waals surface area contributed by atoms with Crippen molar-refractivity contribution in [1.29, 1.82) is 0 Å². The number of piperidine rings is 3. The SMILES string of the molecule is CC(C)Oc1cc([C@H](Cc2c(Cl)c[n+](O)cc2Cl)c2cc(CN(C(=O)O[C@H]3CN4CCC3CC4)c3ccccn3)sc2C(=O)[O-])ccc1OC(F)F. The molecule has 276 valence electrons. The number of aromatic nitrogens is 2.